The number of rotatable bonds is 4. The Labute approximate surface area is 137 Å². The van der Waals surface area contributed by atoms with Gasteiger partial charge < -0.3 is 4.74 Å². The Morgan fingerprint density at radius 3 is 2.71 bits per heavy atom. The van der Waals surface area contributed by atoms with Gasteiger partial charge in [0.15, 0.2) is 20.6 Å². The fraction of sp³-hybridized carbons (Fsp3) is 0.231. The molecule has 0 spiro atoms. The maximum absolute atomic E-state index is 12.2. The molecule has 0 N–H and O–H groups in total. The predicted octanol–water partition coefficient (Wildman–Crippen LogP) is 2.67. The number of halogens is 3. The Bertz CT molecular complexity index is 1050. The molecule has 24 heavy (non-hydrogen) atoms. The van der Waals surface area contributed by atoms with Gasteiger partial charge in [-0.25, -0.2) is 13.4 Å². The van der Waals surface area contributed by atoms with E-state index in [0.29, 0.717) is 15.2 Å². The largest absolute Gasteiger partial charge is 0.573 e. The van der Waals surface area contributed by atoms with Gasteiger partial charge in [-0.2, -0.15) is 0 Å². The summed E-state index contributed by atoms with van der Waals surface area (Å²) in [7, 11) is -3.48. The minimum absolute atomic E-state index is 0.0100. The van der Waals surface area contributed by atoms with E-state index in [0.717, 1.165) is 23.7 Å². The zero-order valence-corrected chi connectivity index (χ0v) is 13.6. The van der Waals surface area contributed by atoms with Gasteiger partial charge in [-0.15, -0.1) is 13.2 Å². The number of alkyl halides is 3. The van der Waals surface area contributed by atoms with Gasteiger partial charge in [0.2, 0.25) is 0 Å². The Morgan fingerprint density at radius 1 is 1.38 bits per heavy atom. The Hall–Kier alpha value is -2.14. The summed E-state index contributed by atoms with van der Waals surface area (Å²) in [5, 5.41) is 0. The van der Waals surface area contributed by atoms with Crippen molar-refractivity contribution in [1.29, 1.82) is 0 Å². The lowest BCUT2D eigenvalue weighted by molar-refractivity contribution is -0.274. The number of nitrogens with zero attached hydrogens (tertiary/aromatic N) is 2. The molecule has 2 heterocycles. The Balaban J connectivity index is 1.99. The molecule has 0 bridgehead atoms. The Kier molecular flexibility index (Phi) is 3.79. The van der Waals surface area contributed by atoms with Crippen molar-refractivity contribution in [3.05, 3.63) is 30.1 Å². The smallest absolute Gasteiger partial charge is 0.406 e. The van der Waals surface area contributed by atoms with E-state index in [-0.39, 0.29) is 11.4 Å². The van der Waals surface area contributed by atoms with Crippen molar-refractivity contribution in [2.75, 3.05) is 12.0 Å². The van der Waals surface area contributed by atoms with Crippen LogP contribution in [0.5, 0.6) is 5.75 Å². The summed E-state index contributed by atoms with van der Waals surface area (Å²) in [5.41, 5.74) is 0.527. The van der Waals surface area contributed by atoms with Crippen LogP contribution in [0.3, 0.4) is 0 Å². The summed E-state index contributed by atoms with van der Waals surface area (Å²) < 4.78 is 64.9. The van der Waals surface area contributed by atoms with Gasteiger partial charge in [0.05, 0.1) is 10.2 Å². The summed E-state index contributed by atoms with van der Waals surface area (Å²) in [4.78, 5) is 16.3. The van der Waals surface area contributed by atoms with Crippen molar-refractivity contribution < 1.29 is 31.1 Å². The second-order valence-corrected chi connectivity index (χ2v) is 8.20. The van der Waals surface area contributed by atoms with Gasteiger partial charge in [-0.1, -0.05) is 11.3 Å². The summed E-state index contributed by atoms with van der Waals surface area (Å²) in [6.07, 6.45) is -2.47. The first-order chi connectivity index (χ1) is 11.0. The summed E-state index contributed by atoms with van der Waals surface area (Å²) in [6.45, 7) is 0. The number of ketones is 1. The molecule has 2 aromatic heterocycles. The SMILES string of the molecule is CS(=O)(=O)CC(=O)c1cn2c(n1)sc1cc(OC(F)(F)F)ccc12. The first-order valence-electron chi connectivity index (χ1n) is 6.40. The van der Waals surface area contributed by atoms with Crippen molar-refractivity contribution in [3.8, 4) is 5.75 Å². The number of fused-ring (bicyclic) bond motifs is 3. The lowest BCUT2D eigenvalue weighted by atomic mass is 10.3. The second kappa shape index (κ2) is 5.45. The highest BCUT2D eigenvalue weighted by atomic mass is 32.2. The Morgan fingerprint density at radius 2 is 2.08 bits per heavy atom. The van der Waals surface area contributed by atoms with Crippen LogP contribution in [0.15, 0.2) is 24.4 Å². The standard InChI is InChI=1S/C13H9F3N2O4S2/c1-24(20,21)6-10(19)8-5-18-9-3-2-7(22-13(14,15)16)4-11(9)23-12(18)17-8/h2-5H,6H2,1H3. The molecule has 0 radical (unpaired) electrons. The molecule has 0 amide bonds. The van der Waals surface area contributed by atoms with Crippen LogP contribution in [-0.2, 0) is 9.84 Å². The van der Waals surface area contributed by atoms with Crippen LogP contribution in [0.1, 0.15) is 10.5 Å². The van der Waals surface area contributed by atoms with E-state index < -0.39 is 27.7 Å². The highest BCUT2D eigenvalue weighted by Crippen LogP contribution is 2.32. The molecule has 6 nitrogen and oxygen atoms in total. The van der Waals surface area contributed by atoms with Crippen LogP contribution in [0.4, 0.5) is 13.2 Å². The van der Waals surface area contributed by atoms with Crippen molar-refractivity contribution in [3.63, 3.8) is 0 Å². The molecule has 0 aliphatic carbocycles. The van der Waals surface area contributed by atoms with Crippen LogP contribution >= 0.6 is 11.3 Å². The zero-order valence-electron chi connectivity index (χ0n) is 12.0. The minimum atomic E-state index is -4.78. The number of imidazole rings is 1. The maximum atomic E-state index is 12.2. The van der Waals surface area contributed by atoms with Crippen molar-refractivity contribution in [2.24, 2.45) is 0 Å². The van der Waals surface area contributed by atoms with E-state index in [1.54, 1.807) is 0 Å². The first-order valence-corrected chi connectivity index (χ1v) is 9.28. The minimum Gasteiger partial charge on any atom is -0.406 e. The average molecular weight is 378 g/mol. The second-order valence-electron chi connectivity index (χ2n) is 5.05. The van der Waals surface area contributed by atoms with Crippen molar-refractivity contribution >= 4 is 42.1 Å². The molecule has 0 aliphatic rings. The fourth-order valence-electron chi connectivity index (χ4n) is 2.12. The van der Waals surface area contributed by atoms with Crippen LogP contribution < -0.4 is 4.74 Å². The van der Waals surface area contributed by atoms with Gasteiger partial charge in [-0.3, -0.25) is 9.20 Å². The average Bonchev–Trinajstić information content (AvgIpc) is 2.91. The van der Waals surface area contributed by atoms with Crippen LogP contribution in [0.25, 0.3) is 15.2 Å². The van der Waals surface area contributed by atoms with Gasteiger partial charge in [0.1, 0.15) is 17.2 Å². The predicted molar refractivity (Wildman–Crippen MR) is 81.3 cm³/mol. The number of ether oxygens (including phenoxy) is 1. The lowest BCUT2D eigenvalue weighted by Gasteiger charge is -2.08. The van der Waals surface area contributed by atoms with E-state index in [4.69, 9.17) is 0 Å². The van der Waals surface area contributed by atoms with Crippen LogP contribution in [-0.4, -0.2) is 42.0 Å². The third-order valence-electron chi connectivity index (χ3n) is 2.98. The fourth-order valence-corrected chi connectivity index (χ4v) is 3.79. The van der Waals surface area contributed by atoms with Gasteiger partial charge in [0, 0.05) is 12.5 Å². The molecular weight excluding hydrogens is 369 g/mol. The van der Waals surface area contributed by atoms with Gasteiger partial charge >= 0.3 is 6.36 Å². The molecule has 128 valence electrons. The molecule has 0 unspecified atom stereocenters. The highest BCUT2D eigenvalue weighted by Gasteiger charge is 2.31. The van der Waals surface area contributed by atoms with E-state index in [1.807, 2.05) is 0 Å². The summed E-state index contributed by atoms with van der Waals surface area (Å²) in [6, 6.07) is 3.78. The molecule has 1 aromatic carbocycles. The number of thiazole rings is 1. The number of carbonyl (C=O) groups excluding carboxylic acids is 1. The third kappa shape index (κ3) is 3.51. The number of carbonyl (C=O) groups is 1. The van der Waals surface area contributed by atoms with Gasteiger partial charge in [-0.05, 0) is 18.2 Å². The maximum Gasteiger partial charge on any atom is 0.573 e. The topological polar surface area (TPSA) is 77.7 Å². The molecule has 0 fully saturated rings. The first kappa shape index (κ1) is 16.7. The number of aromatic nitrogens is 2. The van der Waals surface area contributed by atoms with E-state index in [2.05, 4.69) is 9.72 Å². The van der Waals surface area contributed by atoms with Crippen molar-refractivity contribution in [2.45, 2.75) is 6.36 Å². The molecule has 0 aliphatic heterocycles. The number of hydrogen-bond donors (Lipinski definition) is 0. The molecule has 0 saturated heterocycles. The zero-order chi connectivity index (χ0) is 17.7. The monoisotopic (exact) mass is 378 g/mol. The lowest BCUT2D eigenvalue weighted by Crippen LogP contribution is -2.16. The van der Waals surface area contributed by atoms with Crippen LogP contribution in [0, 0.1) is 0 Å². The van der Waals surface area contributed by atoms with E-state index >= 15 is 0 Å². The molecule has 3 aromatic rings. The van der Waals surface area contributed by atoms with Crippen LogP contribution in [0.2, 0.25) is 0 Å². The van der Waals surface area contributed by atoms with E-state index in [9.17, 15) is 26.4 Å². The number of sulfone groups is 1. The van der Waals surface area contributed by atoms with Crippen molar-refractivity contribution in [1.82, 2.24) is 9.38 Å². The highest BCUT2D eigenvalue weighted by molar-refractivity contribution is 7.91. The third-order valence-corrected chi connectivity index (χ3v) is 4.78. The molecule has 11 heteroatoms. The number of benzene rings is 1. The normalized spacial score (nSPS) is 12.8. The number of hydrogen-bond acceptors (Lipinski definition) is 6. The quantitative estimate of drug-likeness (QED) is 0.653. The molecule has 0 saturated carbocycles. The summed E-state index contributed by atoms with van der Waals surface area (Å²) >= 11 is 1.06. The molecule has 3 rings (SSSR count). The van der Waals surface area contributed by atoms with E-state index in [1.165, 1.54) is 22.7 Å². The molecular formula is C13H9F3N2O4S2. The number of Topliss-reactive ketones (excluding diaryl/α,β-unsaturated/α-hetero) is 1. The summed E-state index contributed by atoms with van der Waals surface area (Å²) in [5.74, 6) is -1.65. The van der Waals surface area contributed by atoms with Gasteiger partial charge in [0.25, 0.3) is 0 Å². The molecule has 0 atom stereocenters.